The third kappa shape index (κ3) is 4.04. The Balaban J connectivity index is 2.09. The number of nitrogens with one attached hydrogen (secondary N) is 1. The lowest BCUT2D eigenvalue weighted by molar-refractivity contribution is -0.118. The highest BCUT2D eigenvalue weighted by molar-refractivity contribution is 6.33. The van der Waals surface area contributed by atoms with Crippen molar-refractivity contribution in [3.63, 3.8) is 0 Å². The first kappa shape index (κ1) is 15.0. The predicted molar refractivity (Wildman–Crippen MR) is 79.3 cm³/mol. The van der Waals surface area contributed by atoms with E-state index in [0.29, 0.717) is 6.42 Å². The average Bonchev–Trinajstić information content (AvgIpc) is 2.48. The van der Waals surface area contributed by atoms with E-state index in [9.17, 15) is 9.18 Å². The number of nitrogens with zero attached hydrogens (tertiary/aromatic N) is 1. The van der Waals surface area contributed by atoms with Crippen LogP contribution in [0.2, 0.25) is 5.02 Å². The van der Waals surface area contributed by atoms with Crippen LogP contribution in [-0.4, -0.2) is 5.91 Å². The van der Waals surface area contributed by atoms with Crippen LogP contribution in [-0.2, 0) is 11.2 Å². The lowest BCUT2D eigenvalue weighted by Crippen LogP contribution is -2.23. The highest BCUT2D eigenvalue weighted by atomic mass is 35.5. The third-order valence-corrected chi connectivity index (χ3v) is 3.26. The molecule has 0 saturated heterocycles. The minimum Gasteiger partial charge on any atom is -0.324 e. The zero-order chi connectivity index (χ0) is 15.2. The maximum atomic E-state index is 12.9. The van der Waals surface area contributed by atoms with Gasteiger partial charge < -0.3 is 5.32 Å². The second kappa shape index (κ2) is 6.87. The molecule has 106 valence electrons. The molecule has 2 aromatic carbocycles. The van der Waals surface area contributed by atoms with Crippen LogP contribution in [0.15, 0.2) is 48.5 Å². The summed E-state index contributed by atoms with van der Waals surface area (Å²) in [5, 5.41) is 11.8. The van der Waals surface area contributed by atoms with E-state index in [4.69, 9.17) is 16.9 Å². The van der Waals surface area contributed by atoms with Crippen LogP contribution >= 0.6 is 11.6 Å². The normalized spacial score (nSPS) is 11.5. The molecule has 5 heteroatoms. The van der Waals surface area contributed by atoms with Gasteiger partial charge in [-0.1, -0.05) is 41.9 Å². The van der Waals surface area contributed by atoms with Crippen molar-refractivity contribution >= 4 is 23.2 Å². The first-order valence-corrected chi connectivity index (χ1v) is 6.67. The summed E-state index contributed by atoms with van der Waals surface area (Å²) in [5.41, 5.74) is 1.18. The summed E-state index contributed by atoms with van der Waals surface area (Å²) in [7, 11) is 0. The van der Waals surface area contributed by atoms with Gasteiger partial charge in [0, 0.05) is 0 Å². The number of benzene rings is 2. The second-order valence-electron chi connectivity index (χ2n) is 4.48. The van der Waals surface area contributed by atoms with Crippen molar-refractivity contribution in [3.8, 4) is 6.07 Å². The summed E-state index contributed by atoms with van der Waals surface area (Å²) >= 11 is 5.84. The van der Waals surface area contributed by atoms with Crippen molar-refractivity contribution in [2.24, 2.45) is 5.92 Å². The van der Waals surface area contributed by atoms with Crippen LogP contribution in [0.4, 0.5) is 10.1 Å². The molecule has 0 fully saturated rings. The highest BCUT2D eigenvalue weighted by Crippen LogP contribution is 2.23. The molecule has 0 saturated carbocycles. The number of nitriles is 1. The zero-order valence-corrected chi connectivity index (χ0v) is 11.8. The van der Waals surface area contributed by atoms with Crippen LogP contribution in [0.25, 0.3) is 0 Å². The Labute approximate surface area is 127 Å². The molecule has 0 radical (unpaired) electrons. The van der Waals surface area contributed by atoms with Gasteiger partial charge in [-0.25, -0.2) is 4.39 Å². The lowest BCUT2D eigenvalue weighted by Gasteiger charge is -2.11. The number of anilines is 1. The fraction of sp³-hybridized carbons (Fsp3) is 0.125. The Hall–Kier alpha value is -2.38. The van der Waals surface area contributed by atoms with Gasteiger partial charge in [-0.15, -0.1) is 0 Å². The first-order chi connectivity index (χ1) is 10.1. The van der Waals surface area contributed by atoms with Crippen LogP contribution in [0.5, 0.6) is 0 Å². The summed E-state index contributed by atoms with van der Waals surface area (Å²) < 4.78 is 12.9. The van der Waals surface area contributed by atoms with Crippen molar-refractivity contribution in [1.29, 1.82) is 5.26 Å². The van der Waals surface area contributed by atoms with Gasteiger partial charge in [0.25, 0.3) is 0 Å². The largest absolute Gasteiger partial charge is 0.324 e. The summed E-state index contributed by atoms with van der Waals surface area (Å²) in [6.07, 6.45) is 0.308. The van der Waals surface area contributed by atoms with Crippen molar-refractivity contribution in [3.05, 3.63) is 64.9 Å². The molecule has 1 N–H and O–H groups in total. The van der Waals surface area contributed by atoms with Gasteiger partial charge >= 0.3 is 0 Å². The fourth-order valence-electron chi connectivity index (χ4n) is 1.86. The number of carbonyl (C=O) groups is 1. The minimum atomic E-state index is -0.839. The molecule has 0 spiro atoms. The molecule has 0 heterocycles. The monoisotopic (exact) mass is 302 g/mol. The van der Waals surface area contributed by atoms with Crippen molar-refractivity contribution in [2.75, 3.05) is 5.32 Å². The minimum absolute atomic E-state index is 0.0970. The quantitative estimate of drug-likeness (QED) is 0.934. The van der Waals surface area contributed by atoms with E-state index in [0.717, 1.165) is 11.6 Å². The van der Waals surface area contributed by atoms with E-state index < -0.39 is 17.6 Å². The summed E-state index contributed by atoms with van der Waals surface area (Å²) in [5.74, 6) is -1.79. The summed E-state index contributed by atoms with van der Waals surface area (Å²) in [6, 6.07) is 14.9. The molecule has 1 atom stereocenters. The summed E-state index contributed by atoms with van der Waals surface area (Å²) in [4.78, 5) is 12.1. The fourth-order valence-corrected chi connectivity index (χ4v) is 2.07. The van der Waals surface area contributed by atoms with E-state index in [1.165, 1.54) is 12.1 Å². The Bertz CT molecular complexity index is 682. The van der Waals surface area contributed by atoms with Crippen LogP contribution < -0.4 is 5.32 Å². The van der Waals surface area contributed by atoms with Crippen molar-refractivity contribution in [2.45, 2.75) is 6.42 Å². The molecular weight excluding hydrogens is 291 g/mol. The number of carbonyl (C=O) groups excluding carboxylic acids is 1. The van der Waals surface area contributed by atoms with E-state index in [-0.39, 0.29) is 10.7 Å². The molecule has 1 unspecified atom stereocenters. The predicted octanol–water partition coefficient (Wildman–Crippen LogP) is 3.80. The molecule has 0 aromatic heterocycles. The Morgan fingerprint density at radius 3 is 2.62 bits per heavy atom. The Morgan fingerprint density at radius 2 is 2.00 bits per heavy atom. The molecular formula is C16H12ClFN2O. The van der Waals surface area contributed by atoms with Gasteiger partial charge in [-0.3, -0.25) is 4.79 Å². The maximum Gasteiger partial charge on any atom is 0.242 e. The Kier molecular flexibility index (Phi) is 4.91. The molecule has 2 aromatic rings. The second-order valence-corrected chi connectivity index (χ2v) is 4.89. The number of amides is 1. The number of hydrogen-bond donors (Lipinski definition) is 1. The van der Waals surface area contributed by atoms with Gasteiger partial charge in [0.15, 0.2) is 0 Å². The smallest absolute Gasteiger partial charge is 0.242 e. The van der Waals surface area contributed by atoms with Gasteiger partial charge in [-0.2, -0.15) is 5.26 Å². The molecule has 2 rings (SSSR count). The van der Waals surface area contributed by atoms with E-state index in [2.05, 4.69) is 5.32 Å². The highest BCUT2D eigenvalue weighted by Gasteiger charge is 2.19. The van der Waals surface area contributed by atoms with Crippen LogP contribution in [0, 0.1) is 23.1 Å². The average molecular weight is 303 g/mol. The van der Waals surface area contributed by atoms with E-state index in [1.54, 1.807) is 0 Å². The first-order valence-electron chi connectivity index (χ1n) is 6.29. The van der Waals surface area contributed by atoms with E-state index in [1.807, 2.05) is 36.4 Å². The molecule has 0 aliphatic carbocycles. The van der Waals surface area contributed by atoms with Gasteiger partial charge in [0.1, 0.15) is 11.7 Å². The lowest BCUT2D eigenvalue weighted by atomic mass is 10.00. The van der Waals surface area contributed by atoms with Crippen LogP contribution in [0.1, 0.15) is 5.56 Å². The van der Waals surface area contributed by atoms with Gasteiger partial charge in [0.2, 0.25) is 5.91 Å². The van der Waals surface area contributed by atoms with Gasteiger partial charge in [-0.05, 0) is 30.2 Å². The zero-order valence-electron chi connectivity index (χ0n) is 11.0. The molecule has 0 aliphatic rings. The molecule has 3 nitrogen and oxygen atoms in total. The number of rotatable bonds is 4. The molecule has 0 bridgehead atoms. The Morgan fingerprint density at radius 1 is 1.29 bits per heavy atom. The number of hydrogen-bond acceptors (Lipinski definition) is 2. The molecule has 0 aliphatic heterocycles. The molecule has 21 heavy (non-hydrogen) atoms. The third-order valence-electron chi connectivity index (χ3n) is 2.94. The summed E-state index contributed by atoms with van der Waals surface area (Å²) in [6.45, 7) is 0. The van der Waals surface area contributed by atoms with E-state index >= 15 is 0 Å². The van der Waals surface area contributed by atoms with Crippen LogP contribution in [0.3, 0.4) is 0 Å². The SMILES string of the molecule is N#CC(Cc1ccccc1)C(=O)Nc1ccc(F)cc1Cl. The molecule has 1 amide bonds. The standard InChI is InChI=1S/C16H12ClFN2O/c17-14-9-13(18)6-7-15(14)20-16(21)12(10-19)8-11-4-2-1-3-5-11/h1-7,9,12H,8H2,(H,20,21). The number of halogens is 2. The van der Waals surface area contributed by atoms with Gasteiger partial charge in [0.05, 0.1) is 16.8 Å². The topological polar surface area (TPSA) is 52.9 Å². The maximum absolute atomic E-state index is 12.9. The van der Waals surface area contributed by atoms with Crippen molar-refractivity contribution < 1.29 is 9.18 Å². The van der Waals surface area contributed by atoms with Crippen molar-refractivity contribution in [1.82, 2.24) is 0 Å².